The van der Waals surface area contributed by atoms with Gasteiger partial charge in [-0.05, 0) is 76.1 Å². The Morgan fingerprint density at radius 2 is 1.29 bits per heavy atom. The molecule has 0 spiro atoms. The molecule has 31 heavy (non-hydrogen) atoms. The fraction of sp³-hybridized carbons (Fsp3) is 0.333. The summed E-state index contributed by atoms with van der Waals surface area (Å²) < 4.78 is 0. The lowest BCUT2D eigenvalue weighted by molar-refractivity contribution is 0.0507. The Kier molecular flexibility index (Phi) is 5.97. The normalized spacial score (nSPS) is 13.3. The first-order valence-corrected chi connectivity index (χ1v) is 10.2. The second kappa shape index (κ2) is 8.34. The van der Waals surface area contributed by atoms with Crippen LogP contribution in [-0.4, -0.2) is 47.2 Å². The van der Waals surface area contributed by atoms with Crippen LogP contribution < -0.4 is 10.6 Å². The number of aryl methyl sites for hydroxylation is 2. The van der Waals surface area contributed by atoms with E-state index in [0.717, 1.165) is 11.1 Å². The Morgan fingerprint density at radius 3 is 1.84 bits per heavy atom. The van der Waals surface area contributed by atoms with E-state index in [4.69, 9.17) is 0 Å². The highest BCUT2D eigenvalue weighted by Crippen LogP contribution is 2.29. The van der Waals surface area contributed by atoms with Crippen LogP contribution in [0.15, 0.2) is 36.4 Å². The van der Waals surface area contributed by atoms with E-state index in [9.17, 15) is 19.2 Å². The van der Waals surface area contributed by atoms with Gasteiger partial charge in [-0.3, -0.25) is 24.1 Å². The molecule has 1 heterocycles. The van der Waals surface area contributed by atoms with Gasteiger partial charge in [0, 0.05) is 29.8 Å². The molecule has 1 aliphatic rings. The first-order valence-electron chi connectivity index (χ1n) is 10.2. The van der Waals surface area contributed by atoms with E-state index >= 15 is 0 Å². The lowest BCUT2D eigenvalue weighted by atomic mass is 10.1. The molecule has 7 nitrogen and oxygen atoms in total. The SMILES string of the molecule is Cc1ccc(C(=O)NCCNC(=O)c2ccc3c(c2)C(=O)N(C(C)(C)C)C3=O)cc1C. The van der Waals surface area contributed by atoms with Crippen LogP contribution in [0.3, 0.4) is 0 Å². The molecule has 2 aromatic carbocycles. The summed E-state index contributed by atoms with van der Waals surface area (Å²) in [6.45, 7) is 9.78. The van der Waals surface area contributed by atoms with E-state index in [0.29, 0.717) is 11.1 Å². The molecule has 0 saturated carbocycles. The summed E-state index contributed by atoms with van der Waals surface area (Å²) in [6.07, 6.45) is 0. The van der Waals surface area contributed by atoms with E-state index in [2.05, 4.69) is 10.6 Å². The standard InChI is InChI=1S/C24H27N3O4/c1-14-6-7-16(12-15(14)2)20(28)25-10-11-26-21(29)17-8-9-18-19(13-17)23(31)27(22(18)30)24(3,4)5/h6-9,12-13H,10-11H2,1-5H3,(H,25,28)(H,26,29). The number of rotatable bonds is 5. The van der Waals surface area contributed by atoms with Gasteiger partial charge in [-0.1, -0.05) is 6.07 Å². The molecule has 162 valence electrons. The summed E-state index contributed by atoms with van der Waals surface area (Å²) >= 11 is 0. The minimum absolute atomic E-state index is 0.207. The van der Waals surface area contributed by atoms with Crippen molar-refractivity contribution in [1.82, 2.24) is 15.5 Å². The zero-order chi connectivity index (χ0) is 22.9. The van der Waals surface area contributed by atoms with E-state index in [-0.39, 0.29) is 41.9 Å². The van der Waals surface area contributed by atoms with Gasteiger partial charge in [0.2, 0.25) is 0 Å². The van der Waals surface area contributed by atoms with Crippen LogP contribution in [-0.2, 0) is 0 Å². The van der Waals surface area contributed by atoms with Crippen molar-refractivity contribution in [3.63, 3.8) is 0 Å². The van der Waals surface area contributed by atoms with Gasteiger partial charge < -0.3 is 10.6 Å². The molecule has 1 aliphatic heterocycles. The van der Waals surface area contributed by atoms with Crippen LogP contribution in [0.4, 0.5) is 0 Å². The summed E-state index contributed by atoms with van der Waals surface area (Å²) in [4.78, 5) is 51.1. The van der Waals surface area contributed by atoms with Crippen molar-refractivity contribution in [3.05, 3.63) is 69.8 Å². The van der Waals surface area contributed by atoms with Gasteiger partial charge in [-0.15, -0.1) is 0 Å². The fourth-order valence-electron chi connectivity index (χ4n) is 3.43. The molecule has 0 aromatic heterocycles. The first kappa shape index (κ1) is 22.2. The number of hydrogen-bond donors (Lipinski definition) is 2. The summed E-state index contributed by atoms with van der Waals surface area (Å²) in [5, 5.41) is 5.49. The Bertz CT molecular complexity index is 1080. The number of amides is 4. The van der Waals surface area contributed by atoms with Crippen molar-refractivity contribution in [2.24, 2.45) is 0 Å². The van der Waals surface area contributed by atoms with E-state index in [1.54, 1.807) is 26.8 Å². The Morgan fingerprint density at radius 1 is 0.774 bits per heavy atom. The number of imide groups is 1. The van der Waals surface area contributed by atoms with Crippen molar-refractivity contribution in [2.45, 2.75) is 40.2 Å². The van der Waals surface area contributed by atoms with Gasteiger partial charge in [-0.25, -0.2) is 0 Å². The van der Waals surface area contributed by atoms with E-state index in [1.165, 1.54) is 23.1 Å². The Hall–Kier alpha value is -3.48. The van der Waals surface area contributed by atoms with Crippen LogP contribution >= 0.6 is 0 Å². The molecule has 0 radical (unpaired) electrons. The summed E-state index contributed by atoms with van der Waals surface area (Å²) in [6, 6.07) is 9.97. The van der Waals surface area contributed by atoms with Gasteiger partial charge in [0.1, 0.15) is 0 Å². The zero-order valence-electron chi connectivity index (χ0n) is 18.5. The van der Waals surface area contributed by atoms with Crippen molar-refractivity contribution in [1.29, 1.82) is 0 Å². The molecular weight excluding hydrogens is 394 g/mol. The highest BCUT2D eigenvalue weighted by Gasteiger charge is 2.42. The highest BCUT2D eigenvalue weighted by molar-refractivity contribution is 6.22. The van der Waals surface area contributed by atoms with Crippen molar-refractivity contribution < 1.29 is 19.2 Å². The highest BCUT2D eigenvalue weighted by atomic mass is 16.2. The quantitative estimate of drug-likeness (QED) is 0.573. The molecule has 0 saturated heterocycles. The molecular formula is C24H27N3O4. The molecule has 3 rings (SSSR count). The predicted molar refractivity (Wildman–Crippen MR) is 117 cm³/mol. The second-order valence-electron chi connectivity index (χ2n) is 8.69. The minimum atomic E-state index is -0.649. The van der Waals surface area contributed by atoms with Gasteiger partial charge >= 0.3 is 0 Å². The van der Waals surface area contributed by atoms with Crippen LogP contribution in [0.2, 0.25) is 0 Å². The van der Waals surface area contributed by atoms with Crippen LogP contribution in [0, 0.1) is 13.8 Å². The average Bonchev–Trinajstić information content (AvgIpc) is 2.96. The maximum atomic E-state index is 12.7. The molecule has 7 heteroatoms. The maximum Gasteiger partial charge on any atom is 0.262 e. The van der Waals surface area contributed by atoms with Gasteiger partial charge in [-0.2, -0.15) is 0 Å². The molecule has 0 bridgehead atoms. The average molecular weight is 421 g/mol. The molecule has 0 unspecified atom stereocenters. The number of fused-ring (bicyclic) bond motifs is 1. The summed E-state index contributed by atoms with van der Waals surface area (Å²) in [5.74, 6) is -1.34. The molecule has 4 amide bonds. The van der Waals surface area contributed by atoms with Gasteiger partial charge in [0.05, 0.1) is 11.1 Å². The number of hydrogen-bond acceptors (Lipinski definition) is 4. The Labute approximate surface area is 181 Å². The second-order valence-corrected chi connectivity index (χ2v) is 8.69. The number of carbonyl (C=O) groups is 4. The monoisotopic (exact) mass is 421 g/mol. The third kappa shape index (κ3) is 4.50. The molecule has 0 atom stereocenters. The van der Waals surface area contributed by atoms with Crippen LogP contribution in [0.1, 0.15) is 73.3 Å². The van der Waals surface area contributed by atoms with Crippen molar-refractivity contribution in [2.75, 3.05) is 13.1 Å². The third-order valence-electron chi connectivity index (χ3n) is 5.28. The first-order chi connectivity index (χ1) is 14.5. The topological polar surface area (TPSA) is 95.6 Å². The van der Waals surface area contributed by atoms with Crippen LogP contribution in [0.25, 0.3) is 0 Å². The van der Waals surface area contributed by atoms with Crippen LogP contribution in [0.5, 0.6) is 0 Å². The number of carbonyl (C=O) groups excluding carboxylic acids is 4. The summed E-state index contributed by atoms with van der Waals surface area (Å²) in [7, 11) is 0. The molecule has 0 fully saturated rings. The van der Waals surface area contributed by atoms with Gasteiger partial charge in [0.25, 0.3) is 23.6 Å². The van der Waals surface area contributed by atoms with Crippen molar-refractivity contribution >= 4 is 23.6 Å². The zero-order valence-corrected chi connectivity index (χ0v) is 18.5. The lowest BCUT2D eigenvalue weighted by Crippen LogP contribution is -2.45. The third-order valence-corrected chi connectivity index (χ3v) is 5.28. The molecule has 2 aromatic rings. The number of nitrogens with zero attached hydrogens (tertiary/aromatic N) is 1. The van der Waals surface area contributed by atoms with Gasteiger partial charge in [0.15, 0.2) is 0 Å². The largest absolute Gasteiger partial charge is 0.350 e. The number of nitrogens with one attached hydrogen (secondary N) is 2. The van der Waals surface area contributed by atoms with E-state index < -0.39 is 11.4 Å². The fourth-order valence-corrected chi connectivity index (χ4v) is 3.43. The smallest absolute Gasteiger partial charge is 0.262 e. The minimum Gasteiger partial charge on any atom is -0.350 e. The molecule has 0 aliphatic carbocycles. The summed E-state index contributed by atoms with van der Waals surface area (Å²) in [5.41, 5.74) is 2.90. The van der Waals surface area contributed by atoms with Crippen molar-refractivity contribution in [3.8, 4) is 0 Å². The predicted octanol–water partition coefficient (Wildman–Crippen LogP) is 2.86. The van der Waals surface area contributed by atoms with E-state index in [1.807, 2.05) is 26.0 Å². The lowest BCUT2D eigenvalue weighted by Gasteiger charge is -2.29. The Balaban J connectivity index is 1.58. The molecule has 2 N–H and O–H groups in total. The number of benzene rings is 2. The maximum absolute atomic E-state index is 12.7.